The Morgan fingerprint density at radius 3 is 2.30 bits per heavy atom. The molecule has 4 aliphatic rings. The molecule has 0 aromatic rings. The Labute approximate surface area is 321 Å². The predicted octanol–water partition coefficient (Wildman–Crippen LogP) is 7.76. The normalized spacial score (nSPS) is 25.4. The summed E-state index contributed by atoms with van der Waals surface area (Å²) in [4.78, 5) is 42.5. The van der Waals surface area contributed by atoms with Gasteiger partial charge in [0, 0.05) is 29.6 Å². The first-order valence-corrected chi connectivity index (χ1v) is 20.4. The van der Waals surface area contributed by atoms with Gasteiger partial charge >= 0.3 is 0 Å². The lowest BCUT2D eigenvalue weighted by Gasteiger charge is -2.35. The lowest BCUT2D eigenvalue weighted by molar-refractivity contribution is -0.134. The third-order valence-electron chi connectivity index (χ3n) is 12.4. The Morgan fingerprint density at radius 2 is 1.74 bits per heavy atom. The topological polar surface area (TPSA) is 125 Å². The first kappa shape index (κ1) is 42.2. The van der Waals surface area contributed by atoms with E-state index in [1.54, 1.807) is 0 Å². The number of nitrogens with one attached hydrogen (secondary N) is 4. The summed E-state index contributed by atoms with van der Waals surface area (Å²) in [7, 11) is 0. The van der Waals surface area contributed by atoms with Crippen molar-refractivity contribution < 1.29 is 14.4 Å². The molecule has 0 aromatic heterocycles. The van der Waals surface area contributed by atoms with Gasteiger partial charge in [-0.1, -0.05) is 116 Å². The van der Waals surface area contributed by atoms with E-state index in [1.165, 1.54) is 5.57 Å². The summed E-state index contributed by atoms with van der Waals surface area (Å²) in [6.45, 7) is 29.7. The Bertz CT molecular complexity index is 1470. The van der Waals surface area contributed by atoms with Crippen LogP contribution in [-0.2, 0) is 14.4 Å². The van der Waals surface area contributed by atoms with Crippen molar-refractivity contribution in [2.45, 2.75) is 143 Å². The first-order valence-electron chi connectivity index (χ1n) is 20.4. The van der Waals surface area contributed by atoms with Gasteiger partial charge in [0.1, 0.15) is 0 Å². The minimum absolute atomic E-state index is 0.0109. The molecule has 2 bridgehead atoms. The molecule has 0 heterocycles. The van der Waals surface area contributed by atoms with E-state index in [0.29, 0.717) is 30.0 Å². The molecule has 0 aromatic carbocycles. The van der Waals surface area contributed by atoms with Gasteiger partial charge in [-0.2, -0.15) is 0 Å². The molecule has 4 rings (SSSR count). The van der Waals surface area contributed by atoms with Crippen LogP contribution in [0.3, 0.4) is 0 Å². The maximum Gasteiger partial charge on any atom is 0.224 e. The molecule has 53 heavy (non-hydrogen) atoms. The van der Waals surface area contributed by atoms with Crippen LogP contribution < -0.4 is 27.0 Å². The highest BCUT2D eigenvalue weighted by molar-refractivity contribution is 6.01. The SMILES string of the molecule is C=C(CCC(NC(=C)NC(C(=O)CC(C(=O)NC(CC1CCC1)C(=O)C(=C)N)[C@@H]1[C@H](CC)C1(C)C)C1CC2=CC(C=CC=C2)C1)C(C)C)NC(C)(C)C. The lowest BCUT2D eigenvalue weighted by atomic mass is 9.76. The summed E-state index contributed by atoms with van der Waals surface area (Å²) in [6, 6.07) is -1.15. The van der Waals surface area contributed by atoms with Crippen LogP contribution in [-0.4, -0.2) is 41.1 Å². The molecule has 8 atom stereocenters. The second-order valence-electron chi connectivity index (χ2n) is 18.6. The average Bonchev–Trinajstić information content (AvgIpc) is 3.65. The van der Waals surface area contributed by atoms with Crippen molar-refractivity contribution in [3.63, 3.8) is 0 Å². The maximum atomic E-state index is 14.9. The molecule has 0 spiro atoms. The van der Waals surface area contributed by atoms with Gasteiger partial charge in [-0.05, 0) is 93.8 Å². The number of hydrogen-bond acceptors (Lipinski definition) is 7. The quantitative estimate of drug-likeness (QED) is 0.0765. The number of amides is 1. The maximum absolute atomic E-state index is 14.9. The average molecular weight is 730 g/mol. The number of Topliss-reactive ketones (excluding diaryl/α,β-unsaturated/α-hetero) is 2. The van der Waals surface area contributed by atoms with E-state index in [1.807, 2.05) is 0 Å². The summed E-state index contributed by atoms with van der Waals surface area (Å²) in [5.41, 5.74) is 7.94. The van der Waals surface area contributed by atoms with Gasteiger partial charge < -0.3 is 27.0 Å². The molecule has 6 unspecified atom stereocenters. The van der Waals surface area contributed by atoms with Gasteiger partial charge in [0.05, 0.1) is 23.6 Å². The zero-order chi connectivity index (χ0) is 39.2. The Balaban J connectivity index is 1.58. The zero-order valence-corrected chi connectivity index (χ0v) is 34.2. The van der Waals surface area contributed by atoms with Crippen molar-refractivity contribution in [2.75, 3.05) is 0 Å². The largest absolute Gasteiger partial charge is 0.396 e. The summed E-state index contributed by atoms with van der Waals surface area (Å²) < 4.78 is 0. The fraction of sp³-hybridized carbons (Fsp3) is 0.667. The van der Waals surface area contributed by atoms with E-state index < -0.39 is 18.0 Å². The van der Waals surface area contributed by atoms with Crippen molar-refractivity contribution in [1.82, 2.24) is 21.3 Å². The number of hydrogen-bond donors (Lipinski definition) is 5. The van der Waals surface area contributed by atoms with Crippen LogP contribution in [0.5, 0.6) is 0 Å². The molecular weight excluding hydrogens is 659 g/mol. The minimum Gasteiger partial charge on any atom is -0.396 e. The van der Waals surface area contributed by atoms with Crippen LogP contribution in [0.15, 0.2) is 72.9 Å². The molecule has 8 heteroatoms. The first-order chi connectivity index (χ1) is 24.8. The van der Waals surface area contributed by atoms with Crippen molar-refractivity contribution in [2.24, 2.45) is 52.6 Å². The van der Waals surface area contributed by atoms with Gasteiger partial charge in [0.25, 0.3) is 0 Å². The number of fused-ring (bicyclic) bond motifs is 1. The number of allylic oxidation sites excluding steroid dienone is 7. The van der Waals surface area contributed by atoms with Crippen LogP contribution in [0.25, 0.3) is 0 Å². The fourth-order valence-electron chi connectivity index (χ4n) is 9.34. The Kier molecular flexibility index (Phi) is 14.1. The van der Waals surface area contributed by atoms with Crippen LogP contribution >= 0.6 is 0 Å². The monoisotopic (exact) mass is 730 g/mol. The van der Waals surface area contributed by atoms with Crippen LogP contribution in [0.4, 0.5) is 0 Å². The highest BCUT2D eigenvalue weighted by atomic mass is 16.2. The second-order valence-corrected chi connectivity index (χ2v) is 18.6. The van der Waals surface area contributed by atoms with E-state index in [9.17, 15) is 14.4 Å². The smallest absolute Gasteiger partial charge is 0.224 e. The molecule has 8 nitrogen and oxygen atoms in total. The summed E-state index contributed by atoms with van der Waals surface area (Å²) in [6.07, 6.45) is 18.9. The molecule has 0 aliphatic heterocycles. The molecular formula is C45H71N5O3. The number of carbonyl (C=O) groups excluding carboxylic acids is 3. The number of ketones is 2. The summed E-state index contributed by atoms with van der Waals surface area (Å²) >= 11 is 0. The number of carbonyl (C=O) groups is 3. The van der Waals surface area contributed by atoms with Crippen LogP contribution in [0.1, 0.15) is 120 Å². The molecule has 0 radical (unpaired) electrons. The van der Waals surface area contributed by atoms with Gasteiger partial charge in [-0.3, -0.25) is 14.4 Å². The number of nitrogens with two attached hydrogens (primary N) is 1. The second kappa shape index (κ2) is 17.7. The van der Waals surface area contributed by atoms with Crippen molar-refractivity contribution >= 4 is 17.5 Å². The van der Waals surface area contributed by atoms with E-state index in [2.05, 4.69) is 127 Å². The standard InChI is InChI=1S/C45H71N5O3/c1-12-36-40(45(36,10)11)35(43(53)49-38(42(52)29(5)46)25-31-18-15-19-31)26-39(51)41(34-23-32-16-13-14-17-33(22-32)24-34)48-30(6)47-37(27(2)3)21-20-28(4)50-44(7,8)9/h13-14,16-17,22,27,31-32,34-38,40-41,47-48,50H,4-6,12,15,18-21,23-26,46H2,1-3,7-11H3,(H,49,53)/t32?,34?,35?,36-,37?,38?,40+,41?/m0/s1. The minimum atomic E-state index is -0.725. The van der Waals surface area contributed by atoms with E-state index in [-0.39, 0.29) is 64.3 Å². The highest BCUT2D eigenvalue weighted by Crippen LogP contribution is 2.64. The summed E-state index contributed by atoms with van der Waals surface area (Å²) in [5, 5.41) is 13.8. The highest BCUT2D eigenvalue weighted by Gasteiger charge is 2.61. The fourth-order valence-corrected chi connectivity index (χ4v) is 9.34. The Morgan fingerprint density at radius 1 is 1.04 bits per heavy atom. The third-order valence-corrected chi connectivity index (χ3v) is 12.4. The number of rotatable bonds is 21. The van der Waals surface area contributed by atoms with E-state index in [0.717, 1.165) is 57.1 Å². The molecule has 1 amide bonds. The van der Waals surface area contributed by atoms with Gasteiger partial charge in [-0.15, -0.1) is 0 Å². The van der Waals surface area contributed by atoms with E-state index in [4.69, 9.17) is 5.73 Å². The summed E-state index contributed by atoms with van der Waals surface area (Å²) in [5.74, 6) is 0.805. The van der Waals surface area contributed by atoms with Crippen LogP contribution in [0.2, 0.25) is 0 Å². The van der Waals surface area contributed by atoms with Crippen molar-refractivity contribution in [1.29, 1.82) is 0 Å². The Hall–Kier alpha value is -3.55. The third kappa shape index (κ3) is 11.5. The van der Waals surface area contributed by atoms with Gasteiger partial charge in [-0.25, -0.2) is 0 Å². The predicted molar refractivity (Wildman–Crippen MR) is 218 cm³/mol. The van der Waals surface area contributed by atoms with Gasteiger partial charge in [0.2, 0.25) is 5.91 Å². The lowest BCUT2D eigenvalue weighted by Crippen LogP contribution is -2.51. The van der Waals surface area contributed by atoms with Gasteiger partial charge in [0.15, 0.2) is 11.6 Å². The van der Waals surface area contributed by atoms with Crippen molar-refractivity contribution in [3.8, 4) is 0 Å². The molecule has 2 fully saturated rings. The van der Waals surface area contributed by atoms with Crippen molar-refractivity contribution in [3.05, 3.63) is 72.9 Å². The molecule has 0 saturated heterocycles. The van der Waals surface area contributed by atoms with Crippen LogP contribution in [0, 0.1) is 46.8 Å². The molecule has 6 N–H and O–H groups in total. The molecule has 294 valence electrons. The molecule has 2 saturated carbocycles. The van der Waals surface area contributed by atoms with E-state index >= 15 is 0 Å². The zero-order valence-electron chi connectivity index (χ0n) is 34.2. The molecule has 4 aliphatic carbocycles.